The monoisotopic (exact) mass is 232 g/mol. The second-order valence-electron chi connectivity index (χ2n) is 3.81. The van der Waals surface area contributed by atoms with E-state index in [9.17, 15) is 0 Å². The zero-order valence-corrected chi connectivity index (χ0v) is 10.5. The Labute approximate surface area is 100 Å². The molecule has 1 aromatic heterocycles. The number of hydrogen-bond acceptors (Lipinski definition) is 3. The Morgan fingerprint density at radius 2 is 1.94 bits per heavy atom. The minimum absolute atomic E-state index is 0.590. The fourth-order valence-corrected chi connectivity index (χ4v) is 2.67. The van der Waals surface area contributed by atoms with Crippen molar-refractivity contribution in [1.82, 2.24) is 4.98 Å². The topological polar surface area (TPSA) is 38.9 Å². The fraction of sp³-hybridized carbons (Fsp3) is 0.308. The molecule has 84 valence electrons. The van der Waals surface area contributed by atoms with Crippen molar-refractivity contribution in [1.29, 1.82) is 0 Å². The van der Waals surface area contributed by atoms with Gasteiger partial charge in [-0.3, -0.25) is 0 Å². The van der Waals surface area contributed by atoms with Crippen LogP contribution < -0.4 is 5.73 Å². The summed E-state index contributed by atoms with van der Waals surface area (Å²) < 4.78 is 0. The molecule has 16 heavy (non-hydrogen) atoms. The quantitative estimate of drug-likeness (QED) is 0.883. The zero-order chi connectivity index (χ0) is 11.5. The van der Waals surface area contributed by atoms with Crippen molar-refractivity contribution in [2.24, 2.45) is 5.73 Å². The molecule has 0 atom stereocenters. The molecule has 0 saturated heterocycles. The van der Waals surface area contributed by atoms with Crippen LogP contribution in [0.15, 0.2) is 24.3 Å². The highest BCUT2D eigenvalue weighted by molar-refractivity contribution is 7.15. The summed E-state index contributed by atoms with van der Waals surface area (Å²) in [7, 11) is 0. The van der Waals surface area contributed by atoms with Crippen molar-refractivity contribution in [3.63, 3.8) is 0 Å². The highest BCUT2D eigenvalue weighted by Crippen LogP contribution is 2.28. The highest BCUT2D eigenvalue weighted by Gasteiger charge is 2.09. The van der Waals surface area contributed by atoms with Gasteiger partial charge in [0.1, 0.15) is 5.01 Å². The van der Waals surface area contributed by atoms with Gasteiger partial charge in [-0.15, -0.1) is 11.3 Å². The Bertz CT molecular complexity index is 450. The second-order valence-corrected chi connectivity index (χ2v) is 4.90. The van der Waals surface area contributed by atoms with Gasteiger partial charge in [-0.05, 0) is 13.3 Å². The number of nitrogens with two attached hydrogens (primary N) is 1. The first-order chi connectivity index (χ1) is 7.74. The largest absolute Gasteiger partial charge is 0.326 e. The van der Waals surface area contributed by atoms with Crippen LogP contribution in [0.3, 0.4) is 0 Å². The smallest absolute Gasteiger partial charge is 0.123 e. The summed E-state index contributed by atoms with van der Waals surface area (Å²) >= 11 is 1.71. The maximum atomic E-state index is 5.71. The Morgan fingerprint density at radius 1 is 1.25 bits per heavy atom. The van der Waals surface area contributed by atoms with Gasteiger partial charge in [-0.1, -0.05) is 36.8 Å². The number of hydrogen-bond donors (Lipinski definition) is 1. The average Bonchev–Trinajstić information content (AvgIpc) is 2.73. The predicted molar refractivity (Wildman–Crippen MR) is 69.6 cm³/mol. The summed E-state index contributed by atoms with van der Waals surface area (Å²) in [4.78, 5) is 5.84. The Kier molecular flexibility index (Phi) is 3.36. The number of rotatable bonds is 3. The van der Waals surface area contributed by atoms with Gasteiger partial charge in [0.05, 0.1) is 5.69 Å². The van der Waals surface area contributed by atoms with Crippen molar-refractivity contribution < 1.29 is 0 Å². The Hall–Kier alpha value is -1.19. The summed E-state index contributed by atoms with van der Waals surface area (Å²) in [6, 6.07) is 8.47. The van der Waals surface area contributed by atoms with Crippen LogP contribution in [0.5, 0.6) is 0 Å². The molecule has 2 aromatic rings. The van der Waals surface area contributed by atoms with E-state index in [4.69, 9.17) is 5.73 Å². The molecule has 2 rings (SSSR count). The van der Waals surface area contributed by atoms with E-state index < -0.39 is 0 Å². The lowest BCUT2D eigenvalue weighted by Gasteiger charge is -1.96. The molecule has 0 bridgehead atoms. The van der Waals surface area contributed by atoms with E-state index in [0.29, 0.717) is 6.54 Å². The predicted octanol–water partition coefficient (Wildman–Crippen LogP) is 3.14. The van der Waals surface area contributed by atoms with E-state index in [2.05, 4.69) is 43.1 Å². The lowest BCUT2D eigenvalue weighted by atomic mass is 10.2. The molecule has 2 N–H and O–H groups in total. The van der Waals surface area contributed by atoms with Crippen molar-refractivity contribution in [3.8, 4) is 10.6 Å². The van der Waals surface area contributed by atoms with Crippen LogP contribution >= 0.6 is 11.3 Å². The lowest BCUT2D eigenvalue weighted by Crippen LogP contribution is -1.96. The van der Waals surface area contributed by atoms with Gasteiger partial charge >= 0.3 is 0 Å². The van der Waals surface area contributed by atoms with E-state index in [-0.39, 0.29) is 0 Å². The fourth-order valence-electron chi connectivity index (χ4n) is 1.64. The van der Waals surface area contributed by atoms with Gasteiger partial charge in [0.15, 0.2) is 0 Å². The first kappa shape index (κ1) is 11.3. The molecule has 0 aliphatic heterocycles. The van der Waals surface area contributed by atoms with Gasteiger partial charge in [-0.25, -0.2) is 4.98 Å². The number of aromatic nitrogens is 1. The molecule has 0 amide bonds. The molecule has 1 aromatic carbocycles. The number of nitrogens with zero attached hydrogens (tertiary/aromatic N) is 1. The summed E-state index contributed by atoms with van der Waals surface area (Å²) in [5.41, 5.74) is 9.31. The molecular formula is C13H16N2S. The van der Waals surface area contributed by atoms with Crippen LogP contribution in [0.1, 0.15) is 23.1 Å². The molecule has 0 aliphatic carbocycles. The van der Waals surface area contributed by atoms with Gasteiger partial charge in [0.25, 0.3) is 0 Å². The van der Waals surface area contributed by atoms with Crippen molar-refractivity contribution >= 4 is 11.3 Å². The molecule has 3 heteroatoms. The van der Waals surface area contributed by atoms with Crippen LogP contribution in [0.4, 0.5) is 0 Å². The Morgan fingerprint density at radius 3 is 2.44 bits per heavy atom. The number of thiazole rings is 1. The standard InChI is InChI=1S/C13H16N2S/c1-3-11-12(8-14)16-13(15-11)10-6-4-9(2)5-7-10/h4-7H,3,8,14H2,1-2H3. The first-order valence-electron chi connectivity index (χ1n) is 5.50. The van der Waals surface area contributed by atoms with Crippen LogP contribution in [0, 0.1) is 6.92 Å². The molecule has 0 radical (unpaired) electrons. The van der Waals surface area contributed by atoms with Crippen molar-refractivity contribution in [3.05, 3.63) is 40.4 Å². The normalized spacial score (nSPS) is 10.7. The van der Waals surface area contributed by atoms with Gasteiger partial charge in [0.2, 0.25) is 0 Å². The third-order valence-electron chi connectivity index (χ3n) is 2.60. The number of aryl methyl sites for hydroxylation is 2. The van der Waals surface area contributed by atoms with E-state index >= 15 is 0 Å². The third-order valence-corrected chi connectivity index (χ3v) is 3.77. The second kappa shape index (κ2) is 4.76. The van der Waals surface area contributed by atoms with Crippen LogP contribution in [-0.2, 0) is 13.0 Å². The van der Waals surface area contributed by atoms with Gasteiger partial charge < -0.3 is 5.73 Å². The zero-order valence-electron chi connectivity index (χ0n) is 9.66. The maximum Gasteiger partial charge on any atom is 0.123 e. The van der Waals surface area contributed by atoms with Crippen molar-refractivity contribution in [2.75, 3.05) is 0 Å². The van der Waals surface area contributed by atoms with Crippen LogP contribution in [0.25, 0.3) is 10.6 Å². The van der Waals surface area contributed by atoms with E-state index in [0.717, 1.165) is 17.1 Å². The van der Waals surface area contributed by atoms with Gasteiger partial charge in [-0.2, -0.15) is 0 Å². The number of benzene rings is 1. The minimum Gasteiger partial charge on any atom is -0.326 e. The summed E-state index contributed by atoms with van der Waals surface area (Å²) in [6.07, 6.45) is 0.953. The molecule has 0 spiro atoms. The first-order valence-corrected chi connectivity index (χ1v) is 6.32. The van der Waals surface area contributed by atoms with Gasteiger partial charge in [0, 0.05) is 17.0 Å². The van der Waals surface area contributed by atoms with Crippen molar-refractivity contribution in [2.45, 2.75) is 26.8 Å². The van der Waals surface area contributed by atoms with E-state index in [1.54, 1.807) is 11.3 Å². The van der Waals surface area contributed by atoms with Crippen LogP contribution in [0.2, 0.25) is 0 Å². The SMILES string of the molecule is CCc1nc(-c2ccc(C)cc2)sc1CN. The summed E-state index contributed by atoms with van der Waals surface area (Å²) in [5, 5.41) is 1.08. The Balaban J connectivity index is 2.40. The maximum absolute atomic E-state index is 5.71. The molecule has 0 saturated carbocycles. The van der Waals surface area contributed by atoms with E-state index in [1.807, 2.05) is 0 Å². The molecule has 0 fully saturated rings. The lowest BCUT2D eigenvalue weighted by molar-refractivity contribution is 0.989. The molecule has 2 nitrogen and oxygen atoms in total. The highest BCUT2D eigenvalue weighted by atomic mass is 32.1. The van der Waals surface area contributed by atoms with Crippen LogP contribution in [-0.4, -0.2) is 4.98 Å². The molecule has 1 heterocycles. The minimum atomic E-state index is 0.590. The average molecular weight is 232 g/mol. The molecule has 0 unspecified atom stereocenters. The molecular weight excluding hydrogens is 216 g/mol. The summed E-state index contributed by atoms with van der Waals surface area (Å²) in [6.45, 7) is 4.80. The summed E-state index contributed by atoms with van der Waals surface area (Å²) in [5.74, 6) is 0. The molecule has 0 aliphatic rings. The third kappa shape index (κ3) is 2.15. The van der Waals surface area contributed by atoms with E-state index in [1.165, 1.54) is 16.0 Å².